The van der Waals surface area contributed by atoms with E-state index in [0.717, 1.165) is 25.7 Å². The molecule has 37 heavy (non-hydrogen) atoms. The van der Waals surface area contributed by atoms with Gasteiger partial charge < -0.3 is 24.6 Å². The average Bonchev–Trinajstić information content (AvgIpc) is 2.84. The Hall–Kier alpha value is -2.76. The molecule has 0 saturated carbocycles. The highest BCUT2D eigenvalue weighted by Crippen LogP contribution is 2.25. The standard InChI is InChI=1S/C28H45N3O6/c1-7-23(17-25(33)36-19-20(2)3)29-26(34)22-9-8-14-31(18-22)24(32)11-10-21-12-15-30(16-13-21)27(35)37-28(4,5)6/h1,20-23H,8-19H2,2-6H3,(H,29,34)/t22-,23-/m1/s1. The summed E-state index contributed by atoms with van der Waals surface area (Å²) < 4.78 is 10.6. The van der Waals surface area contributed by atoms with Crippen LogP contribution < -0.4 is 5.32 Å². The number of nitrogens with one attached hydrogen (secondary N) is 1. The SMILES string of the molecule is C#C[C@H](CC(=O)OCC(C)C)NC(=O)[C@@H]1CCCN(C(=O)CCC2CCN(C(=O)OC(C)(C)C)CC2)C1. The summed E-state index contributed by atoms with van der Waals surface area (Å²) >= 11 is 0. The fourth-order valence-electron chi connectivity index (χ4n) is 4.56. The van der Waals surface area contributed by atoms with E-state index in [0.29, 0.717) is 51.5 Å². The van der Waals surface area contributed by atoms with Crippen LogP contribution in [0.25, 0.3) is 0 Å². The zero-order chi connectivity index (χ0) is 27.6. The van der Waals surface area contributed by atoms with Gasteiger partial charge >= 0.3 is 12.1 Å². The van der Waals surface area contributed by atoms with E-state index >= 15 is 0 Å². The first kappa shape index (κ1) is 30.5. The van der Waals surface area contributed by atoms with E-state index in [1.165, 1.54) is 0 Å². The predicted molar refractivity (Wildman–Crippen MR) is 140 cm³/mol. The lowest BCUT2D eigenvalue weighted by molar-refractivity contribution is -0.145. The number of likely N-dealkylation sites (tertiary alicyclic amines) is 2. The third kappa shape index (κ3) is 11.0. The Morgan fingerprint density at radius 1 is 1.05 bits per heavy atom. The molecule has 0 bridgehead atoms. The first-order chi connectivity index (χ1) is 17.4. The molecule has 3 amide bonds. The van der Waals surface area contributed by atoms with Crippen LogP contribution in [0.3, 0.4) is 0 Å². The second-order valence-electron chi connectivity index (χ2n) is 11.6. The van der Waals surface area contributed by atoms with Gasteiger partial charge in [-0.1, -0.05) is 19.8 Å². The lowest BCUT2D eigenvalue weighted by Crippen LogP contribution is -2.48. The van der Waals surface area contributed by atoms with Crippen LogP contribution in [0.4, 0.5) is 4.79 Å². The number of esters is 1. The number of hydrogen-bond acceptors (Lipinski definition) is 6. The van der Waals surface area contributed by atoms with Crippen molar-refractivity contribution in [1.82, 2.24) is 15.1 Å². The van der Waals surface area contributed by atoms with E-state index in [1.54, 1.807) is 9.80 Å². The molecule has 2 saturated heterocycles. The van der Waals surface area contributed by atoms with E-state index in [-0.39, 0.29) is 36.2 Å². The summed E-state index contributed by atoms with van der Waals surface area (Å²) in [7, 11) is 0. The molecule has 2 atom stereocenters. The number of carbonyl (C=O) groups excluding carboxylic acids is 4. The number of rotatable bonds is 9. The number of piperidine rings is 2. The molecule has 9 nitrogen and oxygen atoms in total. The van der Waals surface area contributed by atoms with Crippen LogP contribution in [0.15, 0.2) is 0 Å². The molecule has 0 aromatic carbocycles. The normalized spacial score (nSPS) is 19.6. The van der Waals surface area contributed by atoms with Gasteiger partial charge in [-0.25, -0.2) is 4.79 Å². The minimum absolute atomic E-state index is 0.0536. The van der Waals surface area contributed by atoms with Crippen LogP contribution in [0.5, 0.6) is 0 Å². The molecule has 208 valence electrons. The second kappa shape index (κ2) is 14.3. The molecule has 0 unspecified atom stereocenters. The Morgan fingerprint density at radius 2 is 1.73 bits per heavy atom. The maximum absolute atomic E-state index is 12.9. The minimum atomic E-state index is -0.732. The van der Waals surface area contributed by atoms with Gasteiger partial charge in [0.05, 0.1) is 18.9 Å². The molecule has 9 heteroatoms. The van der Waals surface area contributed by atoms with Crippen molar-refractivity contribution in [2.45, 2.75) is 91.2 Å². The highest BCUT2D eigenvalue weighted by molar-refractivity contribution is 5.82. The predicted octanol–water partition coefficient (Wildman–Crippen LogP) is 3.36. The largest absolute Gasteiger partial charge is 0.465 e. The summed E-state index contributed by atoms with van der Waals surface area (Å²) in [4.78, 5) is 53.5. The highest BCUT2D eigenvalue weighted by Gasteiger charge is 2.31. The summed E-state index contributed by atoms with van der Waals surface area (Å²) in [5.41, 5.74) is -0.509. The molecule has 2 aliphatic rings. The first-order valence-electron chi connectivity index (χ1n) is 13.6. The first-order valence-corrected chi connectivity index (χ1v) is 13.6. The van der Waals surface area contributed by atoms with E-state index in [1.807, 2.05) is 34.6 Å². The topological polar surface area (TPSA) is 105 Å². The molecule has 2 aliphatic heterocycles. The van der Waals surface area contributed by atoms with Crippen LogP contribution >= 0.6 is 0 Å². The van der Waals surface area contributed by atoms with Gasteiger partial charge in [0.25, 0.3) is 0 Å². The molecule has 0 aromatic heterocycles. The Morgan fingerprint density at radius 3 is 2.32 bits per heavy atom. The van der Waals surface area contributed by atoms with Gasteiger partial charge in [0.1, 0.15) is 11.6 Å². The maximum Gasteiger partial charge on any atom is 0.410 e. The van der Waals surface area contributed by atoms with Crippen LogP contribution in [0, 0.1) is 30.1 Å². The van der Waals surface area contributed by atoms with Gasteiger partial charge in [-0.05, 0) is 64.7 Å². The molecule has 2 fully saturated rings. The van der Waals surface area contributed by atoms with Crippen LogP contribution in [0.2, 0.25) is 0 Å². The summed E-state index contributed by atoms with van der Waals surface area (Å²) in [6.07, 6.45) is 9.50. The molecule has 2 rings (SSSR count). The van der Waals surface area contributed by atoms with Crippen molar-refractivity contribution in [3.8, 4) is 12.3 Å². The number of terminal acetylenes is 1. The van der Waals surface area contributed by atoms with Crippen LogP contribution in [-0.4, -0.2) is 78.1 Å². The lowest BCUT2D eigenvalue weighted by atomic mass is 9.91. The Labute approximate surface area is 222 Å². The lowest BCUT2D eigenvalue weighted by Gasteiger charge is -2.34. The highest BCUT2D eigenvalue weighted by atomic mass is 16.6. The van der Waals surface area contributed by atoms with Gasteiger partial charge in [-0.3, -0.25) is 14.4 Å². The monoisotopic (exact) mass is 519 g/mol. The van der Waals surface area contributed by atoms with Crippen LogP contribution in [-0.2, 0) is 23.9 Å². The van der Waals surface area contributed by atoms with Gasteiger partial charge in [0.2, 0.25) is 11.8 Å². The average molecular weight is 520 g/mol. The van der Waals surface area contributed by atoms with E-state index < -0.39 is 17.6 Å². The van der Waals surface area contributed by atoms with Gasteiger partial charge in [-0.15, -0.1) is 6.42 Å². The zero-order valence-electron chi connectivity index (χ0n) is 23.2. The number of nitrogens with zero attached hydrogens (tertiary/aromatic N) is 2. The summed E-state index contributed by atoms with van der Waals surface area (Å²) in [6, 6.07) is -0.732. The van der Waals surface area contributed by atoms with Crippen molar-refractivity contribution in [1.29, 1.82) is 0 Å². The maximum atomic E-state index is 12.9. The third-order valence-electron chi connectivity index (χ3n) is 6.64. The van der Waals surface area contributed by atoms with Crippen molar-refractivity contribution in [2.75, 3.05) is 32.8 Å². The minimum Gasteiger partial charge on any atom is -0.465 e. The van der Waals surface area contributed by atoms with E-state index in [2.05, 4.69) is 11.2 Å². The molecule has 1 N–H and O–H groups in total. The number of carbonyl (C=O) groups is 4. The summed E-state index contributed by atoms with van der Waals surface area (Å²) in [5.74, 6) is 2.10. The Balaban J connectivity index is 1.74. The molecular formula is C28H45N3O6. The molecule has 0 radical (unpaired) electrons. The zero-order valence-corrected chi connectivity index (χ0v) is 23.2. The van der Waals surface area contributed by atoms with E-state index in [4.69, 9.17) is 15.9 Å². The number of hydrogen-bond donors (Lipinski definition) is 1. The molecule has 2 heterocycles. The summed E-state index contributed by atoms with van der Waals surface area (Å²) in [5, 5.41) is 2.77. The van der Waals surface area contributed by atoms with Crippen molar-refractivity contribution >= 4 is 23.9 Å². The summed E-state index contributed by atoms with van der Waals surface area (Å²) in [6.45, 7) is 12.0. The quantitative estimate of drug-likeness (QED) is 0.370. The van der Waals surface area contributed by atoms with Crippen molar-refractivity contribution in [2.24, 2.45) is 17.8 Å². The molecule has 0 aromatic rings. The Bertz CT molecular complexity index is 836. The Kier molecular flexibility index (Phi) is 11.7. The molecular weight excluding hydrogens is 474 g/mol. The van der Waals surface area contributed by atoms with Crippen molar-refractivity contribution in [3.63, 3.8) is 0 Å². The number of ether oxygens (including phenoxy) is 2. The van der Waals surface area contributed by atoms with Crippen molar-refractivity contribution < 1.29 is 28.7 Å². The smallest absolute Gasteiger partial charge is 0.410 e. The number of amides is 3. The fraction of sp³-hybridized carbons (Fsp3) is 0.786. The molecule has 0 spiro atoms. The third-order valence-corrected chi connectivity index (χ3v) is 6.64. The van der Waals surface area contributed by atoms with Gasteiger partial charge in [0, 0.05) is 32.6 Å². The van der Waals surface area contributed by atoms with E-state index in [9.17, 15) is 19.2 Å². The second-order valence-corrected chi connectivity index (χ2v) is 11.6. The molecule has 0 aliphatic carbocycles. The van der Waals surface area contributed by atoms with Crippen molar-refractivity contribution in [3.05, 3.63) is 0 Å². The van der Waals surface area contributed by atoms with Gasteiger partial charge in [-0.2, -0.15) is 0 Å². The fourth-order valence-corrected chi connectivity index (χ4v) is 4.56. The van der Waals surface area contributed by atoms with Crippen LogP contribution in [0.1, 0.15) is 79.6 Å². The van der Waals surface area contributed by atoms with Gasteiger partial charge in [0.15, 0.2) is 0 Å².